The molecule has 0 aromatic carbocycles. The van der Waals surface area contributed by atoms with E-state index in [1.165, 1.54) is 18.2 Å². The van der Waals surface area contributed by atoms with Crippen LogP contribution in [0, 0.1) is 0 Å². The minimum Gasteiger partial charge on any atom is -0.418 e. The zero-order chi connectivity index (χ0) is 20.1. The van der Waals surface area contributed by atoms with Crippen LogP contribution < -0.4 is 0 Å². The van der Waals surface area contributed by atoms with Gasteiger partial charge in [-0.25, -0.2) is 0 Å². The van der Waals surface area contributed by atoms with Gasteiger partial charge in [-0.15, -0.1) is 31.7 Å². The zero-order valence-corrected chi connectivity index (χ0v) is 18.0. The number of fused-ring (bicyclic) bond motifs is 1. The van der Waals surface area contributed by atoms with E-state index in [1.807, 2.05) is 17.5 Å². The lowest BCUT2D eigenvalue weighted by atomic mass is 10.2. The van der Waals surface area contributed by atoms with Gasteiger partial charge in [0.2, 0.25) is 11.8 Å². The summed E-state index contributed by atoms with van der Waals surface area (Å²) in [6.45, 7) is 3.96. The number of aromatic nitrogens is 5. The van der Waals surface area contributed by atoms with Crippen LogP contribution in [0.25, 0.3) is 10.8 Å². The molecule has 0 bridgehead atoms. The Morgan fingerprint density at radius 2 is 2.21 bits per heavy atom. The number of nitrogens with zero attached hydrogens (tertiary/aromatic N) is 6. The average Bonchev–Trinajstić information content (AvgIpc) is 3.45. The normalized spacial score (nSPS) is 13.8. The van der Waals surface area contributed by atoms with E-state index in [1.54, 1.807) is 16.2 Å². The Labute approximate surface area is 177 Å². The van der Waals surface area contributed by atoms with Gasteiger partial charge in [0, 0.05) is 19.5 Å². The largest absolute Gasteiger partial charge is 0.418 e. The van der Waals surface area contributed by atoms with E-state index in [0.717, 1.165) is 48.1 Å². The highest BCUT2D eigenvalue weighted by atomic mass is 32.2. The molecule has 4 heterocycles. The molecule has 0 saturated heterocycles. The summed E-state index contributed by atoms with van der Waals surface area (Å²) in [5.74, 6) is 2.36. The van der Waals surface area contributed by atoms with Gasteiger partial charge in [0.05, 0.1) is 17.2 Å². The lowest BCUT2D eigenvalue weighted by molar-refractivity contribution is -0.129. The summed E-state index contributed by atoms with van der Waals surface area (Å²) in [5.41, 5.74) is 0. The molecule has 10 heteroatoms. The van der Waals surface area contributed by atoms with Crippen LogP contribution in [0.15, 0.2) is 27.1 Å². The number of rotatable bonds is 8. The molecule has 1 aliphatic rings. The molecule has 1 amide bonds. The van der Waals surface area contributed by atoms with Crippen molar-refractivity contribution >= 4 is 29.0 Å². The fraction of sp³-hybridized carbons (Fsp3) is 0.526. The molecule has 0 unspecified atom stereocenters. The molecular weight excluding hydrogens is 408 g/mol. The first-order chi connectivity index (χ1) is 14.2. The standard InChI is InChI=1S/C19H24N6O2S2/c1-2-9-24(12-16-21-22-18(27-16)14-7-6-11-28-14)17(26)13-29-19-23-20-15-8-4-3-5-10-25(15)19/h6-7,11H,2-5,8-10,12-13H2,1H3. The van der Waals surface area contributed by atoms with Crippen molar-refractivity contribution in [2.75, 3.05) is 12.3 Å². The number of hydrogen-bond donors (Lipinski definition) is 0. The number of amides is 1. The molecule has 0 fully saturated rings. The van der Waals surface area contributed by atoms with Crippen molar-refractivity contribution in [1.29, 1.82) is 0 Å². The SMILES string of the molecule is CCCN(Cc1nnc(-c2cccs2)o1)C(=O)CSc1nnc2n1CCCCC2. The first-order valence-electron chi connectivity index (χ1n) is 9.93. The number of thioether (sulfide) groups is 1. The molecular formula is C19H24N6O2S2. The second kappa shape index (κ2) is 9.53. The Kier molecular flexibility index (Phi) is 6.60. The molecule has 29 heavy (non-hydrogen) atoms. The summed E-state index contributed by atoms with van der Waals surface area (Å²) in [5, 5.41) is 19.6. The fourth-order valence-corrected chi connectivity index (χ4v) is 4.86. The molecule has 0 radical (unpaired) electrons. The molecule has 3 aromatic rings. The highest BCUT2D eigenvalue weighted by Crippen LogP contribution is 2.24. The lowest BCUT2D eigenvalue weighted by Crippen LogP contribution is -2.33. The highest BCUT2D eigenvalue weighted by Gasteiger charge is 2.20. The predicted molar refractivity (Wildman–Crippen MR) is 112 cm³/mol. The highest BCUT2D eigenvalue weighted by molar-refractivity contribution is 7.99. The number of carbonyl (C=O) groups is 1. The number of thiophene rings is 1. The summed E-state index contributed by atoms with van der Waals surface area (Å²) >= 11 is 3.01. The summed E-state index contributed by atoms with van der Waals surface area (Å²) in [6.07, 6.45) is 5.34. The van der Waals surface area contributed by atoms with E-state index in [2.05, 4.69) is 31.9 Å². The van der Waals surface area contributed by atoms with E-state index in [0.29, 0.717) is 30.6 Å². The molecule has 1 aliphatic heterocycles. The van der Waals surface area contributed by atoms with Gasteiger partial charge in [-0.2, -0.15) is 0 Å². The van der Waals surface area contributed by atoms with E-state index in [4.69, 9.17) is 4.42 Å². The van der Waals surface area contributed by atoms with E-state index < -0.39 is 0 Å². The van der Waals surface area contributed by atoms with E-state index in [-0.39, 0.29) is 5.91 Å². The van der Waals surface area contributed by atoms with E-state index in [9.17, 15) is 4.79 Å². The van der Waals surface area contributed by atoms with Crippen molar-refractivity contribution in [2.24, 2.45) is 0 Å². The summed E-state index contributed by atoms with van der Waals surface area (Å²) in [7, 11) is 0. The third-order valence-corrected chi connectivity index (χ3v) is 6.58. The maximum atomic E-state index is 12.9. The topological polar surface area (TPSA) is 89.9 Å². The van der Waals surface area contributed by atoms with Gasteiger partial charge in [0.15, 0.2) is 5.16 Å². The number of hydrogen-bond acceptors (Lipinski definition) is 8. The van der Waals surface area contributed by atoms with E-state index >= 15 is 0 Å². The first-order valence-corrected chi connectivity index (χ1v) is 11.8. The van der Waals surface area contributed by atoms with Gasteiger partial charge in [0.25, 0.3) is 5.89 Å². The van der Waals surface area contributed by atoms with Gasteiger partial charge >= 0.3 is 0 Å². The van der Waals surface area contributed by atoms with Crippen LogP contribution >= 0.6 is 23.1 Å². The minimum atomic E-state index is 0.0405. The van der Waals surface area contributed by atoms with Gasteiger partial charge in [-0.3, -0.25) is 4.79 Å². The molecule has 3 aromatic heterocycles. The molecule has 0 aliphatic carbocycles. The average molecular weight is 433 g/mol. The van der Waals surface area contributed by atoms with Crippen molar-refractivity contribution in [3.05, 3.63) is 29.2 Å². The monoisotopic (exact) mass is 432 g/mol. The van der Waals surface area contributed by atoms with Crippen molar-refractivity contribution in [1.82, 2.24) is 29.9 Å². The van der Waals surface area contributed by atoms with Gasteiger partial charge in [-0.05, 0) is 30.7 Å². The Hall–Kier alpha value is -2.20. The van der Waals surface area contributed by atoms with Crippen molar-refractivity contribution < 1.29 is 9.21 Å². The zero-order valence-electron chi connectivity index (χ0n) is 16.4. The smallest absolute Gasteiger partial charge is 0.257 e. The Morgan fingerprint density at radius 3 is 3.03 bits per heavy atom. The first kappa shape index (κ1) is 20.1. The molecule has 0 N–H and O–H groups in total. The molecule has 4 rings (SSSR count). The summed E-state index contributed by atoms with van der Waals surface area (Å²) < 4.78 is 7.92. The third kappa shape index (κ3) is 4.87. The maximum Gasteiger partial charge on any atom is 0.257 e. The van der Waals surface area contributed by atoms with Crippen LogP contribution in [0.5, 0.6) is 0 Å². The van der Waals surface area contributed by atoms with Crippen LogP contribution in [-0.4, -0.2) is 48.1 Å². The van der Waals surface area contributed by atoms with Crippen LogP contribution in [-0.2, 0) is 24.3 Å². The Morgan fingerprint density at radius 1 is 1.28 bits per heavy atom. The maximum absolute atomic E-state index is 12.9. The third-order valence-electron chi connectivity index (χ3n) is 4.77. The second-order valence-corrected chi connectivity index (χ2v) is 8.83. The number of aryl methyl sites for hydroxylation is 1. The van der Waals surface area contributed by atoms with Crippen molar-refractivity contribution in [2.45, 2.75) is 57.3 Å². The van der Waals surface area contributed by atoms with Gasteiger partial charge < -0.3 is 13.9 Å². The second-order valence-electron chi connectivity index (χ2n) is 6.94. The van der Waals surface area contributed by atoms with Gasteiger partial charge in [0.1, 0.15) is 5.82 Å². The molecule has 8 nitrogen and oxygen atoms in total. The van der Waals surface area contributed by atoms with Crippen LogP contribution in [0.4, 0.5) is 0 Å². The van der Waals surface area contributed by atoms with Crippen molar-refractivity contribution in [3.8, 4) is 10.8 Å². The Balaban J connectivity index is 1.38. The predicted octanol–water partition coefficient (Wildman–Crippen LogP) is 3.65. The summed E-state index contributed by atoms with van der Waals surface area (Å²) in [6, 6.07) is 3.88. The molecule has 0 spiro atoms. The summed E-state index contributed by atoms with van der Waals surface area (Å²) in [4.78, 5) is 15.6. The molecule has 154 valence electrons. The van der Waals surface area contributed by atoms with Crippen LogP contribution in [0.1, 0.15) is 44.3 Å². The van der Waals surface area contributed by atoms with Gasteiger partial charge in [-0.1, -0.05) is 31.2 Å². The quantitative estimate of drug-likeness (QED) is 0.502. The molecule has 0 saturated carbocycles. The van der Waals surface area contributed by atoms with Crippen LogP contribution in [0.2, 0.25) is 0 Å². The lowest BCUT2D eigenvalue weighted by Gasteiger charge is -2.20. The minimum absolute atomic E-state index is 0.0405. The number of carbonyl (C=O) groups excluding carboxylic acids is 1. The fourth-order valence-electron chi connectivity index (χ4n) is 3.33. The van der Waals surface area contributed by atoms with Crippen LogP contribution in [0.3, 0.4) is 0 Å². The Bertz CT molecular complexity index is 937. The molecule has 0 atom stereocenters. The van der Waals surface area contributed by atoms with Crippen molar-refractivity contribution in [3.63, 3.8) is 0 Å².